The van der Waals surface area contributed by atoms with E-state index in [1.807, 2.05) is 0 Å². The molecule has 0 radical (unpaired) electrons. The Labute approximate surface area is 134 Å². The highest BCUT2D eigenvalue weighted by Gasteiger charge is 2.39. The Morgan fingerprint density at radius 1 is 1.27 bits per heavy atom. The number of alkyl halides is 1. The molecule has 122 valence electrons. The molecule has 0 aromatic carbocycles. The zero-order valence-electron chi connectivity index (χ0n) is 12.6. The number of hydrogen-bond acceptors (Lipinski definition) is 5. The van der Waals surface area contributed by atoms with Crippen molar-refractivity contribution in [2.45, 2.75) is 63.0 Å². The van der Waals surface area contributed by atoms with E-state index in [0.717, 1.165) is 58.0 Å². The van der Waals surface area contributed by atoms with Crippen LogP contribution in [0.2, 0.25) is 0 Å². The fourth-order valence-electron chi connectivity index (χ4n) is 3.37. The normalized spacial score (nSPS) is 24.9. The summed E-state index contributed by atoms with van der Waals surface area (Å²) in [5.74, 6) is 0.847. The molecule has 7 heteroatoms. The second kappa shape index (κ2) is 6.96. The van der Waals surface area contributed by atoms with Gasteiger partial charge in [-0.1, -0.05) is 30.8 Å². The second-order valence-electron chi connectivity index (χ2n) is 6.14. The van der Waals surface area contributed by atoms with Gasteiger partial charge >= 0.3 is 0 Å². The van der Waals surface area contributed by atoms with E-state index in [1.165, 1.54) is 0 Å². The third-order valence-electron chi connectivity index (χ3n) is 4.53. The zero-order valence-corrected chi connectivity index (χ0v) is 13.4. The Morgan fingerprint density at radius 3 is 2.68 bits per heavy atom. The van der Waals surface area contributed by atoms with Crippen molar-refractivity contribution in [3.8, 4) is 0 Å². The molecule has 1 aliphatic heterocycles. The summed E-state index contributed by atoms with van der Waals surface area (Å²) in [5.41, 5.74) is -0.553. The van der Waals surface area contributed by atoms with Crippen molar-refractivity contribution in [1.29, 1.82) is 0 Å². The van der Waals surface area contributed by atoms with Gasteiger partial charge in [0.1, 0.15) is 17.5 Å². The molecule has 1 aromatic heterocycles. The molecule has 22 heavy (non-hydrogen) atoms. The lowest BCUT2D eigenvalue weighted by Crippen LogP contribution is -2.47. The van der Waals surface area contributed by atoms with Crippen LogP contribution in [0, 0.1) is 0 Å². The predicted octanol–water partition coefficient (Wildman–Crippen LogP) is 2.83. The predicted molar refractivity (Wildman–Crippen MR) is 80.5 cm³/mol. The van der Waals surface area contributed by atoms with Crippen LogP contribution in [0.25, 0.3) is 0 Å². The first-order chi connectivity index (χ1) is 10.7. The number of carbonyl (C=O) groups excluding carboxylic acids is 1. The summed E-state index contributed by atoms with van der Waals surface area (Å²) in [6.07, 6.45) is 7.84. The minimum atomic E-state index is -0.553. The molecule has 1 N–H and O–H groups in total. The first-order valence-electron chi connectivity index (χ1n) is 8.06. The lowest BCUT2D eigenvalue weighted by Gasteiger charge is -2.30. The second-order valence-corrected chi connectivity index (χ2v) is 6.40. The van der Waals surface area contributed by atoms with Crippen LogP contribution in [0.4, 0.5) is 0 Å². The highest BCUT2D eigenvalue weighted by Crippen LogP contribution is 2.36. The number of hydrogen-bond donors (Lipinski definition) is 1. The maximum Gasteiger partial charge on any atom is 0.255 e. The molecule has 2 heterocycles. The van der Waals surface area contributed by atoms with Crippen molar-refractivity contribution in [3.05, 3.63) is 11.7 Å². The van der Waals surface area contributed by atoms with Crippen LogP contribution in [0.3, 0.4) is 0 Å². The molecule has 2 fully saturated rings. The average Bonchev–Trinajstić information content (AvgIpc) is 3.17. The highest BCUT2D eigenvalue weighted by molar-refractivity contribution is 6.27. The van der Waals surface area contributed by atoms with Crippen LogP contribution in [0.15, 0.2) is 4.52 Å². The van der Waals surface area contributed by atoms with Gasteiger partial charge in [-0.3, -0.25) is 4.79 Å². The Balaban J connectivity index is 1.85. The van der Waals surface area contributed by atoms with Gasteiger partial charge < -0.3 is 14.6 Å². The number of amides is 1. The minimum Gasteiger partial charge on any atom is -0.368 e. The average molecular weight is 328 g/mol. The highest BCUT2D eigenvalue weighted by atomic mass is 35.5. The minimum absolute atomic E-state index is 0.0573. The van der Waals surface area contributed by atoms with Gasteiger partial charge in [0, 0.05) is 6.61 Å². The van der Waals surface area contributed by atoms with Crippen molar-refractivity contribution in [2.75, 3.05) is 12.5 Å². The third-order valence-corrected chi connectivity index (χ3v) is 4.77. The van der Waals surface area contributed by atoms with E-state index < -0.39 is 5.54 Å². The van der Waals surface area contributed by atoms with Gasteiger partial charge in [0.2, 0.25) is 5.91 Å². The van der Waals surface area contributed by atoms with E-state index >= 15 is 0 Å². The summed E-state index contributed by atoms with van der Waals surface area (Å²) < 4.78 is 11.0. The summed E-state index contributed by atoms with van der Waals surface area (Å²) in [7, 11) is 0. The zero-order chi connectivity index (χ0) is 15.4. The fraction of sp³-hybridized carbons (Fsp3) is 0.800. The molecule has 0 bridgehead atoms. The Kier molecular flexibility index (Phi) is 4.98. The number of halogens is 1. The van der Waals surface area contributed by atoms with Crippen LogP contribution >= 0.6 is 11.6 Å². The Hall–Kier alpha value is -1.14. The van der Waals surface area contributed by atoms with Crippen molar-refractivity contribution in [2.24, 2.45) is 0 Å². The lowest BCUT2D eigenvalue weighted by atomic mass is 9.89. The molecular formula is C15H22ClN3O3. The van der Waals surface area contributed by atoms with Gasteiger partial charge in [0.15, 0.2) is 5.82 Å². The van der Waals surface area contributed by atoms with Gasteiger partial charge in [-0.15, -0.1) is 11.6 Å². The molecule has 3 rings (SSSR count). The summed E-state index contributed by atoms with van der Waals surface area (Å²) >= 11 is 5.67. The van der Waals surface area contributed by atoms with Crippen molar-refractivity contribution in [3.63, 3.8) is 0 Å². The molecule has 1 amide bonds. The molecule has 1 aliphatic carbocycles. The van der Waals surface area contributed by atoms with Crippen molar-refractivity contribution >= 4 is 17.5 Å². The van der Waals surface area contributed by atoms with Crippen molar-refractivity contribution in [1.82, 2.24) is 15.5 Å². The van der Waals surface area contributed by atoms with Gasteiger partial charge in [0.05, 0.1) is 0 Å². The smallest absolute Gasteiger partial charge is 0.255 e. The lowest BCUT2D eigenvalue weighted by molar-refractivity contribution is -0.121. The van der Waals surface area contributed by atoms with E-state index in [-0.39, 0.29) is 17.9 Å². The van der Waals surface area contributed by atoms with E-state index in [0.29, 0.717) is 11.7 Å². The number of ether oxygens (including phenoxy) is 1. The van der Waals surface area contributed by atoms with Crippen LogP contribution in [-0.4, -0.2) is 28.5 Å². The van der Waals surface area contributed by atoms with E-state index in [4.69, 9.17) is 20.9 Å². The van der Waals surface area contributed by atoms with E-state index in [1.54, 1.807) is 0 Å². The van der Waals surface area contributed by atoms with Gasteiger partial charge in [-0.25, -0.2) is 0 Å². The molecule has 0 spiro atoms. The Bertz CT molecular complexity index is 506. The summed E-state index contributed by atoms with van der Waals surface area (Å²) in [6, 6.07) is 0. The molecular weight excluding hydrogens is 306 g/mol. The molecule has 1 saturated heterocycles. The van der Waals surface area contributed by atoms with Crippen LogP contribution < -0.4 is 5.32 Å². The number of nitrogens with one attached hydrogen (secondary N) is 1. The van der Waals surface area contributed by atoms with E-state index in [9.17, 15) is 4.79 Å². The molecule has 1 unspecified atom stereocenters. The first-order valence-corrected chi connectivity index (χ1v) is 8.60. The summed E-state index contributed by atoms with van der Waals surface area (Å²) in [4.78, 5) is 16.4. The number of nitrogens with zero attached hydrogens (tertiary/aromatic N) is 2. The molecule has 6 nitrogen and oxygen atoms in total. The Morgan fingerprint density at radius 2 is 2.05 bits per heavy atom. The quantitative estimate of drug-likeness (QED) is 0.679. The van der Waals surface area contributed by atoms with Crippen LogP contribution in [0.1, 0.15) is 69.2 Å². The molecule has 1 aromatic rings. The third kappa shape index (κ3) is 3.27. The van der Waals surface area contributed by atoms with Gasteiger partial charge in [-0.05, 0) is 25.7 Å². The van der Waals surface area contributed by atoms with Gasteiger partial charge in [-0.2, -0.15) is 4.98 Å². The largest absolute Gasteiger partial charge is 0.368 e. The topological polar surface area (TPSA) is 77.2 Å². The van der Waals surface area contributed by atoms with Crippen LogP contribution in [-0.2, 0) is 15.1 Å². The number of aromatic nitrogens is 2. The monoisotopic (exact) mass is 327 g/mol. The molecule has 2 aliphatic rings. The maximum absolute atomic E-state index is 11.9. The summed E-state index contributed by atoms with van der Waals surface area (Å²) in [5, 5.41) is 7.21. The first kappa shape index (κ1) is 15.7. The molecule has 1 saturated carbocycles. The van der Waals surface area contributed by atoms with Crippen LogP contribution in [0.5, 0.6) is 0 Å². The van der Waals surface area contributed by atoms with Crippen molar-refractivity contribution < 1.29 is 14.1 Å². The SMILES string of the molecule is O=C(CCl)NC1(c2noc(C3CCCO3)n2)CCCCCC1. The standard InChI is InChI=1S/C15H22ClN3O3/c16-10-12(20)18-15(7-3-1-2-4-8-15)14-17-13(22-19-14)11-6-5-9-21-11/h11H,1-10H2,(H,18,20). The summed E-state index contributed by atoms with van der Waals surface area (Å²) in [6.45, 7) is 0.733. The van der Waals surface area contributed by atoms with Gasteiger partial charge in [0.25, 0.3) is 5.89 Å². The fourth-order valence-corrected chi connectivity index (χ4v) is 3.44. The number of rotatable bonds is 4. The maximum atomic E-state index is 11.9. The van der Waals surface area contributed by atoms with E-state index in [2.05, 4.69) is 15.5 Å². The molecule has 1 atom stereocenters. The number of carbonyl (C=O) groups is 1.